The van der Waals surface area contributed by atoms with Gasteiger partial charge >= 0.3 is 18.0 Å². The van der Waals surface area contributed by atoms with Crippen molar-refractivity contribution in [2.45, 2.75) is 25.9 Å². The minimum absolute atomic E-state index is 0.0718. The third-order valence-electron chi connectivity index (χ3n) is 3.27. The van der Waals surface area contributed by atoms with Gasteiger partial charge in [-0.25, -0.2) is 9.59 Å². The van der Waals surface area contributed by atoms with E-state index in [1.807, 2.05) is 6.92 Å². The second-order valence-corrected chi connectivity index (χ2v) is 5.05. The van der Waals surface area contributed by atoms with Crippen LogP contribution in [0.3, 0.4) is 0 Å². The first-order valence-corrected chi connectivity index (χ1v) is 6.88. The lowest BCUT2D eigenvalue weighted by Gasteiger charge is -2.31. The van der Waals surface area contributed by atoms with Crippen molar-refractivity contribution in [3.05, 3.63) is 0 Å². The van der Waals surface area contributed by atoms with Gasteiger partial charge in [-0.05, 0) is 12.3 Å². The molecule has 2 unspecified atom stereocenters. The summed E-state index contributed by atoms with van der Waals surface area (Å²) in [6, 6.07) is -0.283. The number of nitrogens with zero attached hydrogens (tertiary/aromatic N) is 1. The molecule has 2 atom stereocenters. The van der Waals surface area contributed by atoms with Gasteiger partial charge in [-0.15, -0.1) is 0 Å². The molecule has 1 heterocycles. The lowest BCUT2D eigenvalue weighted by Crippen LogP contribution is -2.52. The molecular weight excluding hydrogens is 280 g/mol. The van der Waals surface area contributed by atoms with Crippen molar-refractivity contribution in [2.75, 3.05) is 33.4 Å². The number of ether oxygens (including phenoxy) is 2. The molecule has 1 rings (SSSR count). The number of carbonyl (C=O) groups excluding carboxylic acids is 2. The summed E-state index contributed by atoms with van der Waals surface area (Å²) < 4.78 is 9.83. The number of hydrogen-bond acceptors (Lipinski definition) is 5. The van der Waals surface area contributed by atoms with Gasteiger partial charge in [0.1, 0.15) is 0 Å². The summed E-state index contributed by atoms with van der Waals surface area (Å²) in [6.07, 6.45) is -0.165. The van der Waals surface area contributed by atoms with Crippen LogP contribution in [0.1, 0.15) is 19.8 Å². The Bertz CT molecular complexity index is 387. The van der Waals surface area contributed by atoms with Gasteiger partial charge in [-0.3, -0.25) is 4.79 Å². The summed E-state index contributed by atoms with van der Waals surface area (Å²) in [5, 5.41) is 11.3. The second-order valence-electron chi connectivity index (χ2n) is 5.05. The fraction of sp³-hybridized carbons (Fsp3) is 0.769. The number of amides is 2. The van der Waals surface area contributed by atoms with Crippen LogP contribution in [0.5, 0.6) is 0 Å². The summed E-state index contributed by atoms with van der Waals surface area (Å²) in [4.78, 5) is 35.3. The van der Waals surface area contributed by atoms with Crippen LogP contribution in [-0.4, -0.2) is 67.4 Å². The highest BCUT2D eigenvalue weighted by molar-refractivity contribution is 5.78. The number of aliphatic carboxylic acids is 1. The number of urea groups is 1. The Morgan fingerprint density at radius 1 is 1.48 bits per heavy atom. The first-order chi connectivity index (χ1) is 9.93. The zero-order valence-corrected chi connectivity index (χ0v) is 12.3. The highest BCUT2D eigenvalue weighted by atomic mass is 16.6. The van der Waals surface area contributed by atoms with Crippen LogP contribution in [-0.2, 0) is 19.1 Å². The lowest BCUT2D eigenvalue weighted by atomic mass is 10.1. The largest absolute Gasteiger partial charge is 0.481 e. The van der Waals surface area contributed by atoms with Crippen molar-refractivity contribution in [1.29, 1.82) is 0 Å². The van der Waals surface area contributed by atoms with E-state index in [0.717, 1.165) is 0 Å². The molecule has 0 radical (unpaired) electrons. The Hall–Kier alpha value is -1.83. The predicted octanol–water partition coefficient (Wildman–Crippen LogP) is 0.0707. The van der Waals surface area contributed by atoms with Crippen LogP contribution in [0.25, 0.3) is 0 Å². The van der Waals surface area contributed by atoms with Crippen LogP contribution in [0, 0.1) is 5.92 Å². The highest BCUT2D eigenvalue weighted by Crippen LogP contribution is 2.08. The fourth-order valence-electron chi connectivity index (χ4n) is 1.95. The maximum atomic E-state index is 12.0. The van der Waals surface area contributed by atoms with Crippen molar-refractivity contribution in [3.8, 4) is 0 Å². The van der Waals surface area contributed by atoms with Gasteiger partial charge in [0.25, 0.3) is 0 Å². The van der Waals surface area contributed by atoms with Crippen LogP contribution < -0.4 is 5.32 Å². The number of morpholine rings is 1. The molecular formula is C13H22N2O6. The molecule has 2 amide bonds. The molecule has 0 aromatic heterocycles. The summed E-state index contributed by atoms with van der Waals surface area (Å²) >= 11 is 0. The number of esters is 1. The number of hydrogen-bond donors (Lipinski definition) is 2. The molecule has 0 saturated carbocycles. The number of nitrogens with one attached hydrogen (secondary N) is 1. The Morgan fingerprint density at radius 2 is 2.19 bits per heavy atom. The first-order valence-electron chi connectivity index (χ1n) is 6.88. The molecule has 21 heavy (non-hydrogen) atoms. The van der Waals surface area contributed by atoms with E-state index in [0.29, 0.717) is 19.5 Å². The number of carboxylic acids is 1. The first kappa shape index (κ1) is 17.2. The molecule has 120 valence electrons. The Balaban J connectivity index is 2.34. The zero-order chi connectivity index (χ0) is 15.8. The molecule has 0 spiro atoms. The Kier molecular flexibility index (Phi) is 6.93. The monoisotopic (exact) mass is 302 g/mol. The number of carboxylic acid groups (broad SMARTS) is 1. The lowest BCUT2D eigenvalue weighted by molar-refractivity contribution is -0.158. The van der Waals surface area contributed by atoms with E-state index < -0.39 is 18.0 Å². The van der Waals surface area contributed by atoms with E-state index in [9.17, 15) is 14.4 Å². The van der Waals surface area contributed by atoms with E-state index in [1.165, 1.54) is 12.0 Å². The van der Waals surface area contributed by atoms with Crippen LogP contribution in [0.2, 0.25) is 0 Å². The van der Waals surface area contributed by atoms with Gasteiger partial charge in [-0.2, -0.15) is 0 Å². The number of methoxy groups -OCH3 is 1. The van der Waals surface area contributed by atoms with Crippen molar-refractivity contribution < 1.29 is 29.0 Å². The second kappa shape index (κ2) is 8.46. The SMILES string of the molecule is COC(=O)C1CN(C(=O)NCC(C)CCC(=O)O)CCO1. The highest BCUT2D eigenvalue weighted by Gasteiger charge is 2.29. The van der Waals surface area contributed by atoms with E-state index in [2.05, 4.69) is 10.1 Å². The van der Waals surface area contributed by atoms with E-state index in [1.54, 1.807) is 0 Å². The van der Waals surface area contributed by atoms with Crippen LogP contribution >= 0.6 is 0 Å². The smallest absolute Gasteiger partial charge is 0.336 e. The van der Waals surface area contributed by atoms with Crippen molar-refractivity contribution >= 4 is 18.0 Å². The van der Waals surface area contributed by atoms with Crippen molar-refractivity contribution in [3.63, 3.8) is 0 Å². The molecule has 1 aliphatic heterocycles. The minimum atomic E-state index is -0.845. The van der Waals surface area contributed by atoms with E-state index in [4.69, 9.17) is 9.84 Å². The Morgan fingerprint density at radius 3 is 2.81 bits per heavy atom. The summed E-state index contributed by atoms with van der Waals surface area (Å²) in [5.41, 5.74) is 0. The van der Waals surface area contributed by atoms with Gasteiger partial charge in [0.05, 0.1) is 20.3 Å². The van der Waals surface area contributed by atoms with E-state index in [-0.39, 0.29) is 31.5 Å². The molecule has 0 bridgehead atoms. The van der Waals surface area contributed by atoms with Crippen LogP contribution in [0.15, 0.2) is 0 Å². The normalized spacial score (nSPS) is 19.7. The predicted molar refractivity (Wildman–Crippen MR) is 72.8 cm³/mol. The maximum Gasteiger partial charge on any atom is 0.336 e. The molecule has 1 aliphatic rings. The summed E-state index contributed by atoms with van der Waals surface area (Å²) in [6.45, 7) is 3.11. The number of carbonyl (C=O) groups is 3. The van der Waals surface area contributed by atoms with Gasteiger partial charge in [-0.1, -0.05) is 6.92 Å². The molecule has 1 fully saturated rings. The standard InChI is InChI=1S/C13H22N2O6/c1-9(3-4-11(16)17)7-14-13(19)15-5-6-21-10(8-15)12(18)20-2/h9-10H,3-8H2,1-2H3,(H,14,19)(H,16,17). The van der Waals surface area contributed by atoms with Gasteiger partial charge in [0, 0.05) is 19.5 Å². The average molecular weight is 302 g/mol. The molecule has 8 nitrogen and oxygen atoms in total. The third-order valence-corrected chi connectivity index (χ3v) is 3.27. The summed E-state index contributed by atoms with van der Waals surface area (Å²) in [7, 11) is 1.27. The Labute approximate surface area is 123 Å². The minimum Gasteiger partial charge on any atom is -0.481 e. The number of rotatable bonds is 6. The van der Waals surface area contributed by atoms with Gasteiger partial charge < -0.3 is 24.8 Å². The topological polar surface area (TPSA) is 105 Å². The van der Waals surface area contributed by atoms with Crippen molar-refractivity contribution in [2.24, 2.45) is 5.92 Å². The molecule has 8 heteroatoms. The molecule has 0 aliphatic carbocycles. The fourth-order valence-corrected chi connectivity index (χ4v) is 1.95. The molecule has 2 N–H and O–H groups in total. The summed E-state index contributed by atoms with van der Waals surface area (Å²) in [5.74, 6) is -1.27. The zero-order valence-electron chi connectivity index (χ0n) is 12.3. The molecule has 0 aromatic carbocycles. The quantitative estimate of drug-likeness (QED) is 0.673. The van der Waals surface area contributed by atoms with Gasteiger partial charge in [0.2, 0.25) is 0 Å². The maximum absolute atomic E-state index is 12.0. The van der Waals surface area contributed by atoms with Crippen molar-refractivity contribution in [1.82, 2.24) is 10.2 Å². The molecule has 1 saturated heterocycles. The van der Waals surface area contributed by atoms with E-state index >= 15 is 0 Å². The van der Waals surface area contributed by atoms with Crippen LogP contribution in [0.4, 0.5) is 4.79 Å². The third kappa shape index (κ3) is 5.99. The van der Waals surface area contributed by atoms with Gasteiger partial charge in [0.15, 0.2) is 6.10 Å². The average Bonchev–Trinajstić information content (AvgIpc) is 2.49. The molecule has 0 aromatic rings.